The first-order chi connectivity index (χ1) is 25.4. The zero-order valence-corrected chi connectivity index (χ0v) is 29.0. The lowest BCUT2D eigenvalue weighted by molar-refractivity contribution is -0.136. The molecule has 4 aliphatic heterocycles. The molecular formula is C42H43N3O7. The van der Waals surface area contributed by atoms with Crippen LogP contribution in [-0.4, -0.2) is 78.1 Å². The topological polar surface area (TPSA) is 118 Å². The molecule has 52 heavy (non-hydrogen) atoms. The number of benzene rings is 4. The summed E-state index contributed by atoms with van der Waals surface area (Å²) in [6.07, 6.45) is 2.63. The number of phenolic OH excluding ortho intramolecular Hbond substituents is 1. The molecule has 0 radical (unpaired) electrons. The van der Waals surface area contributed by atoms with Gasteiger partial charge in [-0.3, -0.25) is 24.6 Å². The molecular weight excluding hydrogens is 658 g/mol. The average molecular weight is 702 g/mol. The van der Waals surface area contributed by atoms with E-state index in [0.29, 0.717) is 44.3 Å². The van der Waals surface area contributed by atoms with Crippen LogP contribution in [0.3, 0.4) is 0 Å². The molecule has 268 valence electrons. The molecule has 2 fully saturated rings. The Balaban J connectivity index is 0.761. The molecule has 8 rings (SSSR count). The number of hydrogen-bond donors (Lipinski definition) is 2. The summed E-state index contributed by atoms with van der Waals surface area (Å²) < 4.78 is 18.3. The van der Waals surface area contributed by atoms with Crippen LogP contribution in [0.2, 0.25) is 0 Å². The Morgan fingerprint density at radius 2 is 1.63 bits per heavy atom. The van der Waals surface area contributed by atoms with Gasteiger partial charge in [0.05, 0.1) is 13.2 Å². The highest BCUT2D eigenvalue weighted by molar-refractivity contribution is 6.05. The summed E-state index contributed by atoms with van der Waals surface area (Å²) in [5.74, 6) is 2.55. The van der Waals surface area contributed by atoms with Crippen LogP contribution >= 0.6 is 0 Å². The van der Waals surface area contributed by atoms with Crippen LogP contribution < -0.4 is 19.5 Å². The number of carbonyl (C=O) groups is 3. The van der Waals surface area contributed by atoms with Gasteiger partial charge in [0.15, 0.2) is 0 Å². The quantitative estimate of drug-likeness (QED) is 0.144. The lowest BCUT2D eigenvalue weighted by atomic mass is 9.76. The molecule has 4 aromatic rings. The largest absolute Gasteiger partial charge is 0.508 e. The molecule has 0 aromatic heterocycles. The predicted molar refractivity (Wildman–Crippen MR) is 194 cm³/mol. The van der Waals surface area contributed by atoms with Crippen molar-refractivity contribution in [3.63, 3.8) is 0 Å². The van der Waals surface area contributed by atoms with Gasteiger partial charge in [-0.25, -0.2) is 0 Å². The summed E-state index contributed by atoms with van der Waals surface area (Å²) in [6, 6.07) is 29.2. The van der Waals surface area contributed by atoms with Crippen molar-refractivity contribution in [3.05, 3.63) is 119 Å². The number of aromatic hydroxyl groups is 1. The zero-order valence-electron chi connectivity index (χ0n) is 29.0. The van der Waals surface area contributed by atoms with E-state index in [0.717, 1.165) is 60.9 Å². The van der Waals surface area contributed by atoms with E-state index in [1.165, 1.54) is 11.1 Å². The number of piperidine rings is 1. The molecule has 0 aliphatic carbocycles. The molecule has 10 heteroatoms. The van der Waals surface area contributed by atoms with Gasteiger partial charge in [-0.1, -0.05) is 48.5 Å². The van der Waals surface area contributed by atoms with E-state index in [1.54, 1.807) is 23.1 Å². The van der Waals surface area contributed by atoms with Crippen molar-refractivity contribution < 1.29 is 33.7 Å². The molecule has 10 nitrogen and oxygen atoms in total. The Hall–Kier alpha value is -5.35. The smallest absolute Gasteiger partial charge is 0.255 e. The van der Waals surface area contributed by atoms with Gasteiger partial charge in [-0.05, 0) is 78.3 Å². The fourth-order valence-electron chi connectivity index (χ4n) is 8.11. The monoisotopic (exact) mass is 701 g/mol. The van der Waals surface area contributed by atoms with E-state index in [2.05, 4.69) is 58.7 Å². The number of nitrogens with one attached hydrogen (secondary N) is 1. The predicted octanol–water partition coefficient (Wildman–Crippen LogP) is 5.63. The minimum Gasteiger partial charge on any atom is -0.508 e. The molecule has 4 aliphatic rings. The van der Waals surface area contributed by atoms with Gasteiger partial charge in [-0.15, -0.1) is 0 Å². The number of ether oxygens (including phenoxy) is 3. The van der Waals surface area contributed by atoms with Crippen molar-refractivity contribution in [2.24, 2.45) is 5.92 Å². The van der Waals surface area contributed by atoms with Gasteiger partial charge < -0.3 is 24.2 Å². The van der Waals surface area contributed by atoms with E-state index < -0.39 is 11.9 Å². The zero-order chi connectivity index (χ0) is 35.6. The third-order valence-corrected chi connectivity index (χ3v) is 10.8. The van der Waals surface area contributed by atoms with Crippen molar-refractivity contribution in [3.8, 4) is 23.0 Å². The fourth-order valence-corrected chi connectivity index (χ4v) is 8.11. The highest BCUT2D eigenvalue weighted by atomic mass is 16.5. The van der Waals surface area contributed by atoms with Gasteiger partial charge in [0.25, 0.3) is 5.91 Å². The summed E-state index contributed by atoms with van der Waals surface area (Å²) >= 11 is 0. The fraction of sp³-hybridized carbons (Fsp3) is 0.357. The van der Waals surface area contributed by atoms with Crippen LogP contribution in [0.4, 0.5) is 0 Å². The van der Waals surface area contributed by atoms with Crippen molar-refractivity contribution in [1.82, 2.24) is 15.1 Å². The number of carbonyl (C=O) groups excluding carboxylic acids is 3. The number of hydrogen-bond acceptors (Lipinski definition) is 8. The maximum Gasteiger partial charge on any atom is 0.255 e. The van der Waals surface area contributed by atoms with Crippen molar-refractivity contribution in [1.29, 1.82) is 0 Å². The summed E-state index contributed by atoms with van der Waals surface area (Å²) in [6.45, 7) is 5.11. The van der Waals surface area contributed by atoms with Crippen molar-refractivity contribution in [2.45, 2.75) is 50.1 Å². The second-order valence-corrected chi connectivity index (χ2v) is 14.3. The van der Waals surface area contributed by atoms with Gasteiger partial charge in [-0.2, -0.15) is 0 Å². The Morgan fingerprint density at radius 3 is 2.44 bits per heavy atom. The summed E-state index contributed by atoms with van der Waals surface area (Å²) in [5.41, 5.74) is 4.93. The molecule has 2 saturated heterocycles. The van der Waals surface area contributed by atoms with E-state index in [4.69, 9.17) is 14.2 Å². The van der Waals surface area contributed by atoms with Crippen molar-refractivity contribution in [2.75, 3.05) is 39.5 Å². The van der Waals surface area contributed by atoms with Gasteiger partial charge in [0, 0.05) is 61.6 Å². The Kier molecular flexibility index (Phi) is 9.56. The molecule has 3 atom stereocenters. The number of nitrogens with zero attached hydrogens (tertiary/aromatic N) is 2. The second kappa shape index (κ2) is 14.7. The minimum absolute atomic E-state index is 0.0983. The highest BCUT2D eigenvalue weighted by Gasteiger charge is 2.39. The lowest BCUT2D eigenvalue weighted by Gasteiger charge is -2.39. The molecule has 1 unspecified atom stereocenters. The molecule has 3 amide bonds. The average Bonchev–Trinajstić information content (AvgIpc) is 3.46. The van der Waals surface area contributed by atoms with Crippen LogP contribution in [-0.2, 0) is 16.1 Å². The SMILES string of the molecule is O=C1CCC(N2Cc3cc(OCCCC4CN(CCOc5ccc([C@@H]6c7ccc(O)cc7OC[C@@H]6c6ccccc6)cc5)C4)ccc3C2=O)C(=O)N1. The standard InChI is InChI=1S/C42H43N3O7/c46-31-10-14-35-38(22-31)52-26-36(28-6-2-1-3-7-28)40(35)29-8-11-32(12-9-29)51-20-18-44-23-27(24-44)5-4-19-50-33-13-15-34-30(21-33)25-45(42(34)49)37-16-17-39(47)43-41(37)48/h1-3,6-15,21-22,27,36-37,40,46H,4-5,16-20,23-26H2,(H,43,47,48)/t36-,37?,40-/m1/s1. The maximum absolute atomic E-state index is 12.9. The summed E-state index contributed by atoms with van der Waals surface area (Å²) in [4.78, 5) is 40.8. The summed E-state index contributed by atoms with van der Waals surface area (Å²) in [5, 5.41) is 12.4. The normalized spacial score (nSPS) is 21.5. The van der Waals surface area contributed by atoms with Crippen molar-refractivity contribution >= 4 is 17.7 Å². The molecule has 4 heterocycles. The van der Waals surface area contributed by atoms with Gasteiger partial charge in [0.1, 0.15) is 35.6 Å². The van der Waals surface area contributed by atoms with E-state index >= 15 is 0 Å². The Bertz CT molecular complexity index is 1940. The number of imide groups is 1. The first kappa shape index (κ1) is 33.8. The van der Waals surface area contributed by atoms with Crippen LogP contribution in [0.5, 0.6) is 23.0 Å². The van der Waals surface area contributed by atoms with E-state index in [9.17, 15) is 19.5 Å². The van der Waals surface area contributed by atoms with Crippen LogP contribution in [0.1, 0.15) is 70.1 Å². The Labute approximate surface area is 303 Å². The second-order valence-electron chi connectivity index (χ2n) is 14.3. The number of phenols is 1. The van der Waals surface area contributed by atoms with Gasteiger partial charge >= 0.3 is 0 Å². The summed E-state index contributed by atoms with van der Waals surface area (Å²) in [7, 11) is 0. The third-order valence-electron chi connectivity index (χ3n) is 10.8. The first-order valence-corrected chi connectivity index (χ1v) is 18.3. The number of likely N-dealkylation sites (tertiary alicyclic amines) is 1. The van der Waals surface area contributed by atoms with Gasteiger partial charge in [0.2, 0.25) is 11.8 Å². The van der Waals surface area contributed by atoms with Crippen LogP contribution in [0.25, 0.3) is 0 Å². The van der Waals surface area contributed by atoms with Crippen LogP contribution in [0, 0.1) is 5.92 Å². The molecule has 0 bridgehead atoms. The number of amides is 3. The molecule has 0 spiro atoms. The number of fused-ring (bicyclic) bond motifs is 2. The first-order valence-electron chi connectivity index (χ1n) is 18.3. The van der Waals surface area contributed by atoms with Crippen LogP contribution in [0.15, 0.2) is 91.0 Å². The highest BCUT2D eigenvalue weighted by Crippen LogP contribution is 2.47. The maximum atomic E-state index is 12.9. The number of rotatable bonds is 12. The third kappa shape index (κ3) is 7.08. The van der Waals surface area contributed by atoms with E-state index in [-0.39, 0.29) is 35.8 Å². The molecule has 0 saturated carbocycles. The van der Waals surface area contributed by atoms with E-state index in [1.807, 2.05) is 24.3 Å². The minimum atomic E-state index is -0.615. The Morgan fingerprint density at radius 1 is 0.846 bits per heavy atom. The molecule has 2 N–H and O–H groups in total. The lowest BCUT2D eigenvalue weighted by Crippen LogP contribution is -2.52. The molecule has 4 aromatic carbocycles.